The van der Waals surface area contributed by atoms with Gasteiger partial charge in [-0.2, -0.15) is 5.26 Å². The molecule has 0 aliphatic carbocycles. The van der Waals surface area contributed by atoms with Gasteiger partial charge in [-0.3, -0.25) is 9.59 Å². The third kappa shape index (κ3) is 2.83. The van der Waals surface area contributed by atoms with Crippen molar-refractivity contribution >= 4 is 29.0 Å². The first-order valence-electron chi connectivity index (χ1n) is 6.52. The van der Waals surface area contributed by atoms with Crippen LogP contribution in [0.2, 0.25) is 5.02 Å². The fourth-order valence-corrected chi connectivity index (χ4v) is 2.66. The number of hydrogen-bond acceptors (Lipinski definition) is 3. The molecule has 0 bridgehead atoms. The van der Waals surface area contributed by atoms with Gasteiger partial charge in [0.1, 0.15) is 0 Å². The average molecular weight is 291 g/mol. The van der Waals surface area contributed by atoms with E-state index in [1.54, 1.807) is 11.0 Å². The molecule has 0 saturated carbocycles. The summed E-state index contributed by atoms with van der Waals surface area (Å²) in [4.78, 5) is 25.8. The van der Waals surface area contributed by atoms with Gasteiger partial charge in [0, 0.05) is 6.54 Å². The van der Waals surface area contributed by atoms with E-state index >= 15 is 0 Å². The van der Waals surface area contributed by atoms with Crippen molar-refractivity contribution < 1.29 is 9.59 Å². The zero-order valence-corrected chi connectivity index (χ0v) is 12.0. The van der Waals surface area contributed by atoms with Crippen molar-refractivity contribution in [2.75, 3.05) is 11.4 Å². The van der Waals surface area contributed by atoms with Crippen LogP contribution in [0.3, 0.4) is 0 Å². The highest BCUT2D eigenvalue weighted by Crippen LogP contribution is 2.31. The lowest BCUT2D eigenvalue weighted by Crippen LogP contribution is -2.44. The fourth-order valence-electron chi connectivity index (χ4n) is 2.44. The number of anilines is 1. The molecule has 1 fully saturated rings. The highest BCUT2D eigenvalue weighted by Gasteiger charge is 2.34. The Labute approximate surface area is 122 Å². The minimum absolute atomic E-state index is 0.216. The van der Waals surface area contributed by atoms with Crippen molar-refractivity contribution in [1.82, 2.24) is 0 Å². The molecule has 104 valence electrons. The van der Waals surface area contributed by atoms with Gasteiger partial charge in [0.05, 0.1) is 29.1 Å². The van der Waals surface area contributed by atoms with Gasteiger partial charge < -0.3 is 4.90 Å². The van der Waals surface area contributed by atoms with E-state index in [0.717, 1.165) is 12.0 Å². The number of halogens is 1. The SMILES string of the molecule is Cc1ccc(Cl)c(N2CCCC(C(=O)CC#N)C2=O)c1. The molecule has 1 aliphatic rings. The molecule has 0 spiro atoms. The van der Waals surface area contributed by atoms with Gasteiger partial charge in [-0.25, -0.2) is 0 Å². The van der Waals surface area contributed by atoms with Gasteiger partial charge in [0.25, 0.3) is 0 Å². The zero-order valence-electron chi connectivity index (χ0n) is 11.2. The Morgan fingerprint density at radius 3 is 3.00 bits per heavy atom. The Bertz CT molecular complexity index is 592. The van der Waals surface area contributed by atoms with Crippen molar-refractivity contribution in [3.05, 3.63) is 28.8 Å². The lowest BCUT2D eigenvalue weighted by molar-refractivity contribution is -0.133. The number of hydrogen-bond donors (Lipinski definition) is 0. The second kappa shape index (κ2) is 6.06. The van der Waals surface area contributed by atoms with Crippen LogP contribution in [0, 0.1) is 24.2 Å². The van der Waals surface area contributed by atoms with Crippen LogP contribution < -0.4 is 4.90 Å². The molecular weight excluding hydrogens is 276 g/mol. The Kier molecular flexibility index (Phi) is 4.41. The summed E-state index contributed by atoms with van der Waals surface area (Å²) in [6.07, 6.45) is 1.03. The largest absolute Gasteiger partial charge is 0.310 e. The van der Waals surface area contributed by atoms with E-state index in [1.165, 1.54) is 0 Å². The number of carbonyl (C=O) groups excluding carboxylic acids is 2. The molecule has 2 rings (SSSR count). The van der Waals surface area contributed by atoms with E-state index in [-0.39, 0.29) is 18.1 Å². The average Bonchev–Trinajstić information content (AvgIpc) is 2.42. The smallest absolute Gasteiger partial charge is 0.237 e. The molecule has 1 unspecified atom stereocenters. The maximum atomic E-state index is 12.4. The summed E-state index contributed by atoms with van der Waals surface area (Å²) in [6.45, 7) is 2.48. The first kappa shape index (κ1) is 14.5. The van der Waals surface area contributed by atoms with Crippen LogP contribution in [-0.4, -0.2) is 18.2 Å². The molecule has 20 heavy (non-hydrogen) atoms. The molecule has 0 radical (unpaired) electrons. The quantitative estimate of drug-likeness (QED) is 0.804. The van der Waals surface area contributed by atoms with Crippen LogP contribution in [0.1, 0.15) is 24.8 Å². The molecular formula is C15H15ClN2O2. The van der Waals surface area contributed by atoms with E-state index in [4.69, 9.17) is 16.9 Å². The first-order valence-corrected chi connectivity index (χ1v) is 6.89. The lowest BCUT2D eigenvalue weighted by atomic mass is 9.91. The van der Waals surface area contributed by atoms with E-state index in [9.17, 15) is 9.59 Å². The summed E-state index contributed by atoms with van der Waals surface area (Å²) in [5.41, 5.74) is 1.65. The third-order valence-corrected chi connectivity index (χ3v) is 3.79. The molecule has 1 amide bonds. The van der Waals surface area contributed by atoms with Gasteiger partial charge in [-0.1, -0.05) is 17.7 Å². The minimum Gasteiger partial charge on any atom is -0.310 e. The zero-order chi connectivity index (χ0) is 14.7. The Hall–Kier alpha value is -1.86. The lowest BCUT2D eigenvalue weighted by Gasteiger charge is -2.32. The van der Waals surface area contributed by atoms with Gasteiger partial charge in [0.2, 0.25) is 5.91 Å². The van der Waals surface area contributed by atoms with Crippen molar-refractivity contribution in [2.24, 2.45) is 5.92 Å². The predicted molar refractivity (Wildman–Crippen MR) is 76.5 cm³/mol. The number of nitrogens with zero attached hydrogens (tertiary/aromatic N) is 2. The van der Waals surface area contributed by atoms with E-state index < -0.39 is 5.92 Å². The van der Waals surface area contributed by atoms with Crippen LogP contribution in [0.5, 0.6) is 0 Å². The van der Waals surface area contributed by atoms with Crippen molar-refractivity contribution in [2.45, 2.75) is 26.2 Å². The summed E-state index contributed by atoms with van der Waals surface area (Å²) < 4.78 is 0. The van der Waals surface area contributed by atoms with Crippen LogP contribution in [0.15, 0.2) is 18.2 Å². The highest BCUT2D eigenvalue weighted by molar-refractivity contribution is 6.34. The topological polar surface area (TPSA) is 61.2 Å². The Morgan fingerprint density at radius 2 is 2.30 bits per heavy atom. The molecule has 1 aromatic carbocycles. The number of piperidine rings is 1. The van der Waals surface area contributed by atoms with E-state index in [2.05, 4.69) is 0 Å². The number of rotatable bonds is 3. The number of Topliss-reactive ketones (excluding diaryl/α,β-unsaturated/α-hetero) is 1. The number of aryl methyl sites for hydroxylation is 1. The summed E-state index contributed by atoms with van der Waals surface area (Å²) in [7, 11) is 0. The summed E-state index contributed by atoms with van der Waals surface area (Å²) in [5.74, 6) is -1.25. The number of ketones is 1. The highest BCUT2D eigenvalue weighted by atomic mass is 35.5. The van der Waals surface area contributed by atoms with E-state index in [0.29, 0.717) is 23.7 Å². The summed E-state index contributed by atoms with van der Waals surface area (Å²) in [5, 5.41) is 9.10. The maximum Gasteiger partial charge on any atom is 0.237 e. The molecule has 0 aromatic heterocycles. The molecule has 1 heterocycles. The van der Waals surface area contributed by atoms with Crippen LogP contribution in [0.25, 0.3) is 0 Å². The van der Waals surface area contributed by atoms with Gasteiger partial charge in [-0.05, 0) is 37.5 Å². The van der Waals surface area contributed by atoms with Gasteiger partial charge in [-0.15, -0.1) is 0 Å². The monoisotopic (exact) mass is 290 g/mol. The number of benzene rings is 1. The molecule has 1 aromatic rings. The summed E-state index contributed by atoms with van der Waals surface area (Å²) >= 11 is 6.15. The molecule has 5 heteroatoms. The van der Waals surface area contributed by atoms with Crippen LogP contribution in [0.4, 0.5) is 5.69 Å². The molecule has 1 atom stereocenters. The van der Waals surface area contributed by atoms with Crippen LogP contribution in [-0.2, 0) is 9.59 Å². The Balaban J connectivity index is 2.29. The van der Waals surface area contributed by atoms with Crippen molar-refractivity contribution in [1.29, 1.82) is 5.26 Å². The molecule has 0 N–H and O–H groups in total. The fraction of sp³-hybridized carbons (Fsp3) is 0.400. The van der Waals surface area contributed by atoms with Crippen LogP contribution >= 0.6 is 11.6 Å². The Morgan fingerprint density at radius 1 is 1.55 bits per heavy atom. The predicted octanol–water partition coefficient (Wildman–Crippen LogP) is 2.87. The van der Waals surface area contributed by atoms with Gasteiger partial charge in [0.15, 0.2) is 5.78 Å². The number of carbonyl (C=O) groups is 2. The molecule has 1 aliphatic heterocycles. The molecule has 1 saturated heterocycles. The normalized spacial score (nSPS) is 18.8. The second-order valence-electron chi connectivity index (χ2n) is 4.94. The minimum atomic E-state index is -0.708. The maximum absolute atomic E-state index is 12.4. The van der Waals surface area contributed by atoms with Crippen molar-refractivity contribution in [3.8, 4) is 6.07 Å². The molecule has 4 nitrogen and oxygen atoms in total. The number of nitriles is 1. The number of amides is 1. The first-order chi connectivity index (χ1) is 9.54. The van der Waals surface area contributed by atoms with Gasteiger partial charge >= 0.3 is 0 Å². The summed E-state index contributed by atoms with van der Waals surface area (Å²) in [6, 6.07) is 7.28. The third-order valence-electron chi connectivity index (χ3n) is 3.47. The second-order valence-corrected chi connectivity index (χ2v) is 5.35. The van der Waals surface area contributed by atoms with E-state index in [1.807, 2.05) is 25.1 Å². The van der Waals surface area contributed by atoms with Crippen molar-refractivity contribution in [3.63, 3.8) is 0 Å². The standard InChI is InChI=1S/C15H15ClN2O2/c1-10-4-5-12(16)13(9-10)18-8-2-3-11(15(18)20)14(19)6-7-17/h4-5,9,11H,2-3,6,8H2,1H3.